The summed E-state index contributed by atoms with van der Waals surface area (Å²) in [6, 6.07) is 23.4. The zero-order chi connectivity index (χ0) is 26.1. The number of furan rings is 1. The van der Waals surface area contributed by atoms with Gasteiger partial charge in [0, 0.05) is 40.5 Å². The molecular formula is C29H23N5O3S. The molecule has 1 amide bonds. The van der Waals surface area contributed by atoms with E-state index in [9.17, 15) is 4.79 Å². The van der Waals surface area contributed by atoms with Crippen LogP contribution in [0.2, 0.25) is 0 Å². The van der Waals surface area contributed by atoms with Crippen LogP contribution in [0.1, 0.15) is 5.56 Å². The molecule has 0 radical (unpaired) electrons. The molecule has 0 saturated heterocycles. The summed E-state index contributed by atoms with van der Waals surface area (Å²) in [5.41, 5.74) is 4.94. The number of carbonyl (C=O) groups is 1. The van der Waals surface area contributed by atoms with Gasteiger partial charge in [0.25, 0.3) is 0 Å². The lowest BCUT2D eigenvalue weighted by molar-refractivity contribution is -0.113. The Balaban J connectivity index is 1.27. The Morgan fingerprint density at radius 2 is 1.76 bits per heavy atom. The van der Waals surface area contributed by atoms with Crippen molar-refractivity contribution in [3.8, 4) is 22.8 Å². The number of carbonyl (C=O) groups excluding carboxylic acids is 1. The first kappa shape index (κ1) is 23.7. The van der Waals surface area contributed by atoms with Gasteiger partial charge in [-0.25, -0.2) is 0 Å². The smallest absolute Gasteiger partial charge is 0.234 e. The van der Waals surface area contributed by atoms with Crippen LogP contribution in [0.5, 0.6) is 5.75 Å². The Morgan fingerprint density at radius 1 is 0.974 bits per heavy atom. The summed E-state index contributed by atoms with van der Waals surface area (Å²) in [5.74, 6) is 1.16. The van der Waals surface area contributed by atoms with E-state index in [1.807, 2.05) is 78.2 Å². The molecule has 6 aromatic rings. The molecule has 0 aliphatic heterocycles. The van der Waals surface area contributed by atoms with Gasteiger partial charge in [0.2, 0.25) is 5.91 Å². The largest absolute Gasteiger partial charge is 0.495 e. The number of amides is 1. The fourth-order valence-corrected chi connectivity index (χ4v) is 5.06. The number of hydrogen-bond donors (Lipinski definition) is 1. The van der Waals surface area contributed by atoms with Crippen molar-refractivity contribution in [2.75, 3.05) is 18.2 Å². The number of aryl methyl sites for hydroxylation is 1. The molecular weight excluding hydrogens is 498 g/mol. The second-order valence-electron chi connectivity index (χ2n) is 8.70. The maximum Gasteiger partial charge on any atom is 0.234 e. The van der Waals surface area contributed by atoms with Crippen LogP contribution in [0.15, 0.2) is 94.8 Å². The third kappa shape index (κ3) is 4.48. The molecule has 0 fully saturated rings. The number of anilines is 1. The predicted molar refractivity (Wildman–Crippen MR) is 149 cm³/mol. The van der Waals surface area contributed by atoms with Crippen LogP contribution in [0, 0.1) is 6.92 Å². The van der Waals surface area contributed by atoms with E-state index >= 15 is 0 Å². The van der Waals surface area contributed by atoms with Gasteiger partial charge >= 0.3 is 0 Å². The highest BCUT2D eigenvalue weighted by Gasteiger charge is 2.19. The minimum atomic E-state index is -0.201. The highest BCUT2D eigenvalue weighted by atomic mass is 32.2. The van der Waals surface area contributed by atoms with Gasteiger partial charge in [-0.2, -0.15) is 0 Å². The van der Waals surface area contributed by atoms with Gasteiger partial charge in [0.05, 0.1) is 18.6 Å². The van der Waals surface area contributed by atoms with Crippen molar-refractivity contribution in [2.45, 2.75) is 12.1 Å². The van der Waals surface area contributed by atoms with E-state index in [4.69, 9.17) is 9.15 Å². The van der Waals surface area contributed by atoms with Crippen molar-refractivity contribution in [3.63, 3.8) is 0 Å². The topological polar surface area (TPSA) is 95.1 Å². The van der Waals surface area contributed by atoms with E-state index in [2.05, 4.69) is 20.5 Å². The van der Waals surface area contributed by atoms with E-state index in [1.54, 1.807) is 25.6 Å². The summed E-state index contributed by atoms with van der Waals surface area (Å²) < 4.78 is 13.5. The van der Waals surface area contributed by atoms with Crippen LogP contribution >= 0.6 is 11.8 Å². The van der Waals surface area contributed by atoms with Crippen LogP contribution in [0.4, 0.5) is 5.69 Å². The number of pyridine rings is 1. The Kier molecular flexibility index (Phi) is 6.27. The van der Waals surface area contributed by atoms with Crippen molar-refractivity contribution in [1.29, 1.82) is 0 Å². The Hall–Kier alpha value is -4.63. The van der Waals surface area contributed by atoms with E-state index in [1.165, 1.54) is 11.8 Å². The molecule has 0 atom stereocenters. The van der Waals surface area contributed by atoms with E-state index < -0.39 is 0 Å². The minimum absolute atomic E-state index is 0.127. The summed E-state index contributed by atoms with van der Waals surface area (Å²) >= 11 is 1.31. The number of rotatable bonds is 7. The fourth-order valence-electron chi connectivity index (χ4n) is 4.31. The summed E-state index contributed by atoms with van der Waals surface area (Å²) in [4.78, 5) is 17.2. The molecule has 0 aliphatic carbocycles. The number of benzene rings is 3. The van der Waals surface area contributed by atoms with Crippen LogP contribution in [-0.4, -0.2) is 38.5 Å². The molecule has 3 heterocycles. The lowest BCUT2D eigenvalue weighted by Gasteiger charge is -2.12. The van der Waals surface area contributed by atoms with Gasteiger partial charge in [0.15, 0.2) is 11.0 Å². The molecule has 8 nitrogen and oxygen atoms in total. The standard InChI is InChI=1S/C29H23N5O3S/c1-18-7-9-20(10-8-18)34-28(19-11-13-30-14-12-19)32-33-29(34)38-17-27(35)31-23-16-25-22(15-26(23)36-2)21-5-3-4-6-24(21)37-25/h3-16H,17H2,1-2H3,(H,31,35). The lowest BCUT2D eigenvalue weighted by atomic mass is 10.1. The second-order valence-corrected chi connectivity index (χ2v) is 9.64. The minimum Gasteiger partial charge on any atom is -0.495 e. The Bertz CT molecular complexity index is 1760. The number of aromatic nitrogens is 4. The molecule has 0 aliphatic rings. The van der Waals surface area contributed by atoms with Gasteiger partial charge in [-0.05, 0) is 43.3 Å². The Labute approximate surface area is 222 Å². The van der Waals surface area contributed by atoms with E-state index in [-0.39, 0.29) is 11.7 Å². The number of nitrogens with zero attached hydrogens (tertiary/aromatic N) is 4. The molecule has 0 unspecified atom stereocenters. The van der Waals surface area contributed by atoms with Crippen molar-refractivity contribution in [2.24, 2.45) is 0 Å². The number of fused-ring (bicyclic) bond motifs is 3. The average molecular weight is 522 g/mol. The van der Waals surface area contributed by atoms with Crippen molar-refractivity contribution in [1.82, 2.24) is 19.7 Å². The molecule has 38 heavy (non-hydrogen) atoms. The first-order valence-corrected chi connectivity index (χ1v) is 12.9. The molecule has 3 aromatic heterocycles. The number of thioether (sulfide) groups is 1. The molecule has 0 spiro atoms. The van der Waals surface area contributed by atoms with Gasteiger partial charge in [-0.1, -0.05) is 47.7 Å². The Morgan fingerprint density at radius 3 is 2.55 bits per heavy atom. The maximum absolute atomic E-state index is 13.0. The highest BCUT2D eigenvalue weighted by molar-refractivity contribution is 7.99. The van der Waals surface area contributed by atoms with E-state index in [0.29, 0.717) is 28.0 Å². The second kappa shape index (κ2) is 10.0. The SMILES string of the molecule is COc1cc2c(cc1NC(=O)CSc1nnc(-c3ccncc3)n1-c1ccc(C)cc1)oc1ccccc12. The quantitative estimate of drug-likeness (QED) is 0.247. The van der Waals surface area contributed by atoms with Gasteiger partial charge in [0.1, 0.15) is 16.9 Å². The number of para-hydroxylation sites is 1. The molecule has 0 bridgehead atoms. The maximum atomic E-state index is 13.0. The number of methoxy groups -OCH3 is 1. The third-order valence-electron chi connectivity index (χ3n) is 6.17. The van der Waals surface area contributed by atoms with Crippen LogP contribution in [-0.2, 0) is 4.79 Å². The van der Waals surface area contributed by atoms with Crippen LogP contribution in [0.3, 0.4) is 0 Å². The number of ether oxygens (including phenoxy) is 1. The van der Waals surface area contributed by atoms with Crippen molar-refractivity contribution < 1.29 is 13.9 Å². The number of nitrogens with one attached hydrogen (secondary N) is 1. The van der Waals surface area contributed by atoms with Crippen LogP contribution < -0.4 is 10.1 Å². The summed E-state index contributed by atoms with van der Waals surface area (Å²) in [7, 11) is 1.58. The molecule has 9 heteroatoms. The molecule has 188 valence electrons. The van der Waals surface area contributed by atoms with Crippen molar-refractivity contribution in [3.05, 3.63) is 90.8 Å². The molecule has 1 N–H and O–H groups in total. The summed E-state index contributed by atoms with van der Waals surface area (Å²) in [6.07, 6.45) is 3.44. The third-order valence-corrected chi connectivity index (χ3v) is 7.10. The van der Waals surface area contributed by atoms with Crippen LogP contribution in [0.25, 0.3) is 39.0 Å². The highest BCUT2D eigenvalue weighted by Crippen LogP contribution is 2.36. The zero-order valence-electron chi connectivity index (χ0n) is 20.7. The molecule has 6 rings (SSSR count). The van der Waals surface area contributed by atoms with Gasteiger partial charge < -0.3 is 14.5 Å². The molecule has 3 aromatic carbocycles. The lowest BCUT2D eigenvalue weighted by Crippen LogP contribution is -2.15. The summed E-state index contributed by atoms with van der Waals surface area (Å²) in [5, 5.41) is 14.3. The number of hydrogen-bond acceptors (Lipinski definition) is 7. The van der Waals surface area contributed by atoms with Crippen molar-refractivity contribution >= 4 is 45.3 Å². The first-order chi connectivity index (χ1) is 18.6. The zero-order valence-corrected chi connectivity index (χ0v) is 21.5. The fraction of sp³-hybridized carbons (Fsp3) is 0.103. The summed E-state index contributed by atoms with van der Waals surface area (Å²) in [6.45, 7) is 2.04. The van der Waals surface area contributed by atoms with Gasteiger partial charge in [-0.15, -0.1) is 10.2 Å². The monoisotopic (exact) mass is 521 g/mol. The van der Waals surface area contributed by atoms with E-state index in [0.717, 1.165) is 33.2 Å². The normalized spacial score (nSPS) is 11.2. The average Bonchev–Trinajstić information content (AvgIpc) is 3.53. The first-order valence-electron chi connectivity index (χ1n) is 12.0. The molecule has 0 saturated carbocycles. The predicted octanol–water partition coefficient (Wildman–Crippen LogP) is 6.28. The van der Waals surface area contributed by atoms with Gasteiger partial charge in [-0.3, -0.25) is 14.3 Å².